The lowest BCUT2D eigenvalue weighted by Crippen LogP contribution is -2.36. The minimum absolute atomic E-state index is 0.245. The molecule has 80 valence electrons. The second-order valence-corrected chi connectivity index (χ2v) is 2.95. The molecule has 3 nitrogen and oxygen atoms in total. The van der Waals surface area contributed by atoms with Gasteiger partial charge in [-0.25, -0.2) is 4.39 Å². The average Bonchev–Trinajstić information content (AvgIpc) is 2.19. The molecule has 0 aromatic carbocycles. The van der Waals surface area contributed by atoms with Gasteiger partial charge in [0.2, 0.25) is 0 Å². The van der Waals surface area contributed by atoms with E-state index in [4.69, 9.17) is 5.41 Å². The van der Waals surface area contributed by atoms with E-state index in [1.54, 1.807) is 14.0 Å². The summed E-state index contributed by atoms with van der Waals surface area (Å²) < 4.78 is 11.2. The number of aliphatic imine (C=N–C) groups is 1. The Balaban J connectivity index is 0.000000292. The van der Waals surface area contributed by atoms with Crippen molar-refractivity contribution in [1.82, 2.24) is 5.32 Å². The van der Waals surface area contributed by atoms with Gasteiger partial charge in [-0.15, -0.1) is 0 Å². The van der Waals surface area contributed by atoms with Crippen LogP contribution in [0.3, 0.4) is 0 Å². The molecule has 1 fully saturated rings. The van der Waals surface area contributed by atoms with Crippen LogP contribution < -0.4 is 5.32 Å². The van der Waals surface area contributed by atoms with Crippen LogP contribution in [-0.2, 0) is 0 Å². The Morgan fingerprint density at radius 3 is 2.57 bits per heavy atom. The van der Waals surface area contributed by atoms with Crippen LogP contribution in [0, 0.1) is 5.41 Å². The number of rotatable bonds is 1. The smallest absolute Gasteiger partial charge is 0.0925 e. The summed E-state index contributed by atoms with van der Waals surface area (Å²) in [6, 6.07) is 0. The Labute approximate surface area is 84.6 Å². The van der Waals surface area contributed by atoms with Crippen molar-refractivity contribution < 1.29 is 4.39 Å². The van der Waals surface area contributed by atoms with Crippen LogP contribution in [0.5, 0.6) is 0 Å². The molecular formula is C10H18FN3. The number of allylic oxidation sites excluding steroid dienone is 1. The summed E-state index contributed by atoms with van der Waals surface area (Å²) in [6.45, 7) is 6.43. The normalized spacial score (nSPS) is 18.8. The standard InChI is InChI=1S/C6H11N3.C4H7F/c1-8-6-4-9-3-2-5(6)7;1-3-4(2)5/h7,9H,2-4H2,1H3;2-3H2,1H3. The zero-order valence-electron chi connectivity index (χ0n) is 8.86. The summed E-state index contributed by atoms with van der Waals surface area (Å²) in [7, 11) is 1.73. The molecule has 0 amide bonds. The number of hydrogen-bond donors (Lipinski definition) is 2. The predicted octanol–water partition coefficient (Wildman–Crippen LogP) is 1.95. The summed E-state index contributed by atoms with van der Waals surface area (Å²) in [4.78, 5) is 3.96. The number of hydrogen-bond acceptors (Lipinski definition) is 3. The zero-order chi connectivity index (χ0) is 11.0. The van der Waals surface area contributed by atoms with E-state index in [-0.39, 0.29) is 5.83 Å². The molecule has 0 spiro atoms. The maximum Gasteiger partial charge on any atom is 0.0925 e. The summed E-state index contributed by atoms with van der Waals surface area (Å²) in [5.74, 6) is -0.245. The van der Waals surface area contributed by atoms with Gasteiger partial charge in [0.1, 0.15) is 0 Å². The van der Waals surface area contributed by atoms with Gasteiger partial charge in [0.15, 0.2) is 0 Å². The Bertz CT molecular complexity index is 234. The lowest BCUT2D eigenvalue weighted by Gasteiger charge is -2.14. The van der Waals surface area contributed by atoms with E-state index < -0.39 is 0 Å². The van der Waals surface area contributed by atoms with E-state index in [9.17, 15) is 4.39 Å². The number of halogens is 1. The third-order valence-electron chi connectivity index (χ3n) is 1.85. The molecular weight excluding hydrogens is 181 g/mol. The first-order valence-electron chi connectivity index (χ1n) is 4.69. The second-order valence-electron chi connectivity index (χ2n) is 2.95. The topological polar surface area (TPSA) is 48.2 Å². The summed E-state index contributed by atoms with van der Waals surface area (Å²) >= 11 is 0. The fraction of sp³-hybridized carbons (Fsp3) is 0.600. The van der Waals surface area contributed by atoms with Gasteiger partial charge in [0.05, 0.1) is 17.3 Å². The van der Waals surface area contributed by atoms with Crippen molar-refractivity contribution in [1.29, 1.82) is 5.41 Å². The molecule has 4 heteroatoms. The van der Waals surface area contributed by atoms with Gasteiger partial charge < -0.3 is 10.7 Å². The molecule has 14 heavy (non-hydrogen) atoms. The minimum atomic E-state index is -0.245. The van der Waals surface area contributed by atoms with Gasteiger partial charge in [0.25, 0.3) is 0 Å². The van der Waals surface area contributed by atoms with Gasteiger partial charge >= 0.3 is 0 Å². The van der Waals surface area contributed by atoms with Crippen LogP contribution in [0.15, 0.2) is 17.4 Å². The maximum atomic E-state index is 11.2. The van der Waals surface area contributed by atoms with Crippen molar-refractivity contribution in [2.24, 2.45) is 4.99 Å². The highest BCUT2D eigenvalue weighted by Crippen LogP contribution is 1.93. The fourth-order valence-electron chi connectivity index (χ4n) is 0.885. The highest BCUT2D eigenvalue weighted by Gasteiger charge is 2.10. The number of nitrogens with one attached hydrogen (secondary N) is 2. The molecule has 0 aromatic heterocycles. The van der Waals surface area contributed by atoms with Gasteiger partial charge in [-0.3, -0.25) is 4.99 Å². The molecule has 0 radical (unpaired) electrons. The Hall–Kier alpha value is -1.03. The number of nitrogens with zero attached hydrogens (tertiary/aromatic N) is 1. The molecule has 1 rings (SSSR count). The molecule has 0 unspecified atom stereocenters. The van der Waals surface area contributed by atoms with Crippen LogP contribution in [0.4, 0.5) is 4.39 Å². The monoisotopic (exact) mass is 199 g/mol. The lowest BCUT2D eigenvalue weighted by atomic mass is 10.1. The highest BCUT2D eigenvalue weighted by atomic mass is 19.1. The first kappa shape index (κ1) is 13.0. The summed E-state index contributed by atoms with van der Waals surface area (Å²) in [6.07, 6.45) is 1.27. The first-order chi connectivity index (χ1) is 6.61. The molecule has 2 N–H and O–H groups in total. The Kier molecular flexibility index (Phi) is 6.84. The predicted molar refractivity (Wildman–Crippen MR) is 59.1 cm³/mol. The van der Waals surface area contributed by atoms with Crippen molar-refractivity contribution in [2.75, 3.05) is 20.1 Å². The molecule has 0 saturated carbocycles. The fourth-order valence-corrected chi connectivity index (χ4v) is 0.885. The largest absolute Gasteiger partial charge is 0.311 e. The van der Waals surface area contributed by atoms with Crippen molar-refractivity contribution in [3.63, 3.8) is 0 Å². The zero-order valence-corrected chi connectivity index (χ0v) is 8.86. The van der Waals surface area contributed by atoms with E-state index in [1.165, 1.54) is 0 Å². The minimum Gasteiger partial charge on any atom is -0.311 e. The second kappa shape index (κ2) is 7.38. The molecule has 1 aliphatic rings. The molecule has 0 bridgehead atoms. The van der Waals surface area contributed by atoms with Crippen LogP contribution in [0.1, 0.15) is 19.8 Å². The van der Waals surface area contributed by atoms with E-state index in [2.05, 4.69) is 16.9 Å². The van der Waals surface area contributed by atoms with Crippen LogP contribution in [-0.4, -0.2) is 31.6 Å². The van der Waals surface area contributed by atoms with Gasteiger partial charge in [0, 0.05) is 26.6 Å². The molecule has 1 saturated heterocycles. The third-order valence-corrected chi connectivity index (χ3v) is 1.85. The van der Waals surface area contributed by atoms with E-state index in [0.717, 1.165) is 25.2 Å². The lowest BCUT2D eigenvalue weighted by molar-refractivity contribution is 0.609. The molecule has 0 aromatic rings. The van der Waals surface area contributed by atoms with Crippen molar-refractivity contribution >= 4 is 11.4 Å². The molecule has 1 heterocycles. The van der Waals surface area contributed by atoms with Crippen LogP contribution in [0.25, 0.3) is 0 Å². The Morgan fingerprint density at radius 1 is 1.71 bits per heavy atom. The number of piperidine rings is 1. The summed E-state index contributed by atoms with van der Waals surface area (Å²) in [5.41, 5.74) is 1.59. The highest BCUT2D eigenvalue weighted by molar-refractivity contribution is 6.42. The average molecular weight is 199 g/mol. The van der Waals surface area contributed by atoms with Gasteiger partial charge in [-0.1, -0.05) is 13.5 Å². The van der Waals surface area contributed by atoms with Crippen LogP contribution >= 0.6 is 0 Å². The maximum absolute atomic E-state index is 11.2. The van der Waals surface area contributed by atoms with Crippen molar-refractivity contribution in [2.45, 2.75) is 19.8 Å². The summed E-state index contributed by atoms with van der Waals surface area (Å²) in [5, 5.41) is 10.5. The van der Waals surface area contributed by atoms with E-state index >= 15 is 0 Å². The van der Waals surface area contributed by atoms with Gasteiger partial charge in [-0.2, -0.15) is 0 Å². The van der Waals surface area contributed by atoms with Gasteiger partial charge in [-0.05, 0) is 6.42 Å². The van der Waals surface area contributed by atoms with Crippen molar-refractivity contribution in [3.8, 4) is 0 Å². The van der Waals surface area contributed by atoms with Crippen LogP contribution in [0.2, 0.25) is 0 Å². The SMILES string of the molecule is C=C(F)CC.CN=C1CNCCC1=N. The molecule has 0 aliphatic carbocycles. The van der Waals surface area contributed by atoms with E-state index in [0.29, 0.717) is 12.1 Å². The first-order valence-corrected chi connectivity index (χ1v) is 4.69. The van der Waals surface area contributed by atoms with E-state index in [1.807, 2.05) is 0 Å². The van der Waals surface area contributed by atoms with Crippen molar-refractivity contribution in [3.05, 3.63) is 12.4 Å². The molecule has 1 aliphatic heterocycles. The molecule has 0 atom stereocenters. The third kappa shape index (κ3) is 5.59. The Morgan fingerprint density at radius 2 is 2.29 bits per heavy atom. The quantitative estimate of drug-likeness (QED) is 0.666.